The highest BCUT2D eigenvalue weighted by atomic mass is 14.9. The van der Waals surface area contributed by atoms with Crippen molar-refractivity contribution in [2.24, 2.45) is 5.92 Å². The fraction of sp³-hybridized carbons (Fsp3) is 0.615. The van der Waals surface area contributed by atoms with E-state index < -0.39 is 0 Å². The largest absolute Gasteiger partial charge is 0.396 e. The summed E-state index contributed by atoms with van der Waals surface area (Å²) in [5.74, 6) is 0.876. The van der Waals surface area contributed by atoms with Crippen LogP contribution in [0.25, 0.3) is 0 Å². The molecule has 1 aromatic rings. The molecule has 88 valence electrons. The van der Waals surface area contributed by atoms with Crippen molar-refractivity contribution in [2.45, 2.75) is 45.1 Å². The van der Waals surface area contributed by atoms with Crippen molar-refractivity contribution >= 4 is 11.4 Å². The first-order chi connectivity index (χ1) is 7.75. The number of anilines is 2. The number of nitrogen functional groups attached to an aromatic ring is 1. The van der Waals surface area contributed by atoms with Crippen molar-refractivity contribution in [3.8, 4) is 0 Å². The molecule has 16 heavy (non-hydrogen) atoms. The van der Waals surface area contributed by atoms with Crippen molar-refractivity contribution in [3.05, 3.63) is 18.5 Å². The van der Waals surface area contributed by atoms with Crippen LogP contribution in [-0.2, 0) is 0 Å². The molecular weight excluding hydrogens is 198 g/mol. The summed E-state index contributed by atoms with van der Waals surface area (Å²) in [5, 5.41) is 3.54. The third kappa shape index (κ3) is 2.87. The third-order valence-corrected chi connectivity index (χ3v) is 3.47. The zero-order chi connectivity index (χ0) is 11.4. The topological polar surface area (TPSA) is 50.9 Å². The fourth-order valence-corrected chi connectivity index (χ4v) is 2.39. The van der Waals surface area contributed by atoms with Crippen LogP contribution in [0.15, 0.2) is 18.5 Å². The van der Waals surface area contributed by atoms with Gasteiger partial charge in [-0.05, 0) is 31.2 Å². The normalized spacial score (nSPS) is 26.1. The number of pyridine rings is 1. The lowest BCUT2D eigenvalue weighted by Crippen LogP contribution is -2.19. The van der Waals surface area contributed by atoms with Gasteiger partial charge in [0.2, 0.25) is 0 Å². The molecule has 0 spiro atoms. The van der Waals surface area contributed by atoms with Gasteiger partial charge in [0.05, 0.1) is 17.6 Å². The van der Waals surface area contributed by atoms with Crippen molar-refractivity contribution in [1.29, 1.82) is 0 Å². The van der Waals surface area contributed by atoms with E-state index in [-0.39, 0.29) is 0 Å². The van der Waals surface area contributed by atoms with Crippen LogP contribution in [-0.4, -0.2) is 11.0 Å². The molecule has 1 saturated carbocycles. The van der Waals surface area contributed by atoms with E-state index in [2.05, 4.69) is 17.2 Å². The predicted molar refractivity (Wildman–Crippen MR) is 68.3 cm³/mol. The molecule has 0 bridgehead atoms. The lowest BCUT2D eigenvalue weighted by atomic mass is 10.0. The summed E-state index contributed by atoms with van der Waals surface area (Å²) in [6.45, 7) is 2.35. The third-order valence-electron chi connectivity index (χ3n) is 3.47. The predicted octanol–water partition coefficient (Wildman–Crippen LogP) is 3.04. The lowest BCUT2D eigenvalue weighted by Gasteiger charge is -2.18. The molecule has 2 unspecified atom stereocenters. The molecule has 3 nitrogen and oxygen atoms in total. The van der Waals surface area contributed by atoms with E-state index in [0.29, 0.717) is 6.04 Å². The Morgan fingerprint density at radius 2 is 2.19 bits per heavy atom. The van der Waals surface area contributed by atoms with Crippen LogP contribution >= 0.6 is 0 Å². The van der Waals surface area contributed by atoms with Gasteiger partial charge in [0, 0.05) is 12.2 Å². The highest BCUT2D eigenvalue weighted by Gasteiger charge is 2.16. The summed E-state index contributed by atoms with van der Waals surface area (Å²) in [7, 11) is 0. The number of hydrogen-bond acceptors (Lipinski definition) is 3. The monoisotopic (exact) mass is 219 g/mol. The van der Waals surface area contributed by atoms with Crippen LogP contribution < -0.4 is 11.1 Å². The molecule has 0 saturated heterocycles. The molecule has 1 aliphatic carbocycles. The first-order valence-electron chi connectivity index (χ1n) is 6.21. The van der Waals surface area contributed by atoms with E-state index in [1.54, 1.807) is 12.4 Å². The number of rotatable bonds is 2. The molecular formula is C13H21N3. The van der Waals surface area contributed by atoms with Gasteiger partial charge in [0.1, 0.15) is 0 Å². The maximum absolute atomic E-state index is 5.88. The Balaban J connectivity index is 1.96. The van der Waals surface area contributed by atoms with Crippen LogP contribution in [0.2, 0.25) is 0 Å². The molecule has 0 aliphatic heterocycles. The van der Waals surface area contributed by atoms with Crippen LogP contribution in [0.3, 0.4) is 0 Å². The summed E-state index contributed by atoms with van der Waals surface area (Å²) < 4.78 is 0. The van der Waals surface area contributed by atoms with Crippen LogP contribution in [0, 0.1) is 5.92 Å². The van der Waals surface area contributed by atoms with Crippen LogP contribution in [0.4, 0.5) is 11.4 Å². The molecule has 1 fully saturated rings. The number of nitrogens with two attached hydrogens (primary N) is 1. The Bertz CT molecular complexity index is 338. The standard InChI is InChI=1S/C13H21N3/c1-10-3-2-4-11(6-5-10)16-13-7-8-15-9-12(13)14/h7-11H,2-6,14H2,1H3,(H,15,16). The Morgan fingerprint density at radius 1 is 1.31 bits per heavy atom. The fourth-order valence-electron chi connectivity index (χ4n) is 2.39. The molecule has 2 atom stereocenters. The molecule has 3 N–H and O–H groups in total. The number of hydrogen-bond donors (Lipinski definition) is 2. The molecule has 1 heterocycles. The Morgan fingerprint density at radius 3 is 3.00 bits per heavy atom. The van der Waals surface area contributed by atoms with E-state index in [1.165, 1.54) is 32.1 Å². The Labute approximate surface area is 97.5 Å². The zero-order valence-corrected chi connectivity index (χ0v) is 9.95. The minimum Gasteiger partial charge on any atom is -0.396 e. The van der Waals surface area contributed by atoms with E-state index in [0.717, 1.165) is 17.3 Å². The molecule has 0 amide bonds. The second-order valence-electron chi connectivity index (χ2n) is 4.92. The minimum absolute atomic E-state index is 0.578. The summed E-state index contributed by atoms with van der Waals surface area (Å²) in [6.07, 6.45) is 10.0. The number of nitrogens with one attached hydrogen (secondary N) is 1. The summed E-state index contributed by atoms with van der Waals surface area (Å²) in [4.78, 5) is 4.00. The molecule has 0 aromatic carbocycles. The van der Waals surface area contributed by atoms with Gasteiger partial charge in [-0.3, -0.25) is 4.98 Å². The van der Waals surface area contributed by atoms with E-state index in [9.17, 15) is 0 Å². The SMILES string of the molecule is CC1CCCC(Nc2ccncc2N)CC1. The van der Waals surface area contributed by atoms with Crippen molar-refractivity contribution in [3.63, 3.8) is 0 Å². The highest BCUT2D eigenvalue weighted by Crippen LogP contribution is 2.26. The van der Waals surface area contributed by atoms with E-state index in [1.807, 2.05) is 6.07 Å². The lowest BCUT2D eigenvalue weighted by molar-refractivity contribution is 0.502. The Kier molecular flexibility index (Phi) is 3.65. The first kappa shape index (κ1) is 11.2. The Hall–Kier alpha value is -1.25. The van der Waals surface area contributed by atoms with Crippen molar-refractivity contribution in [2.75, 3.05) is 11.1 Å². The maximum Gasteiger partial charge on any atom is 0.0736 e. The van der Waals surface area contributed by atoms with Crippen molar-refractivity contribution < 1.29 is 0 Å². The van der Waals surface area contributed by atoms with E-state index >= 15 is 0 Å². The van der Waals surface area contributed by atoms with Gasteiger partial charge >= 0.3 is 0 Å². The molecule has 2 rings (SSSR count). The second-order valence-corrected chi connectivity index (χ2v) is 4.92. The van der Waals surface area contributed by atoms with Gasteiger partial charge in [-0.25, -0.2) is 0 Å². The van der Waals surface area contributed by atoms with Gasteiger partial charge in [-0.1, -0.05) is 19.8 Å². The molecule has 3 heteroatoms. The number of aromatic nitrogens is 1. The smallest absolute Gasteiger partial charge is 0.0736 e. The second kappa shape index (κ2) is 5.19. The first-order valence-corrected chi connectivity index (χ1v) is 6.21. The van der Waals surface area contributed by atoms with Gasteiger partial charge in [-0.2, -0.15) is 0 Å². The van der Waals surface area contributed by atoms with Gasteiger partial charge < -0.3 is 11.1 Å². The van der Waals surface area contributed by atoms with Gasteiger partial charge in [0.25, 0.3) is 0 Å². The average molecular weight is 219 g/mol. The zero-order valence-electron chi connectivity index (χ0n) is 9.95. The summed E-state index contributed by atoms with van der Waals surface area (Å²) in [5.41, 5.74) is 7.67. The number of nitrogens with zero attached hydrogens (tertiary/aromatic N) is 1. The summed E-state index contributed by atoms with van der Waals surface area (Å²) >= 11 is 0. The quantitative estimate of drug-likeness (QED) is 0.752. The molecule has 0 radical (unpaired) electrons. The van der Waals surface area contributed by atoms with Crippen molar-refractivity contribution in [1.82, 2.24) is 4.98 Å². The average Bonchev–Trinajstić information content (AvgIpc) is 2.47. The van der Waals surface area contributed by atoms with Crippen LogP contribution in [0.1, 0.15) is 39.0 Å². The maximum atomic E-state index is 5.88. The van der Waals surface area contributed by atoms with Gasteiger partial charge in [0.15, 0.2) is 0 Å². The van der Waals surface area contributed by atoms with Crippen LogP contribution in [0.5, 0.6) is 0 Å². The summed E-state index contributed by atoms with van der Waals surface area (Å²) in [6, 6.07) is 2.54. The minimum atomic E-state index is 0.578. The van der Waals surface area contributed by atoms with E-state index in [4.69, 9.17) is 5.73 Å². The highest BCUT2D eigenvalue weighted by molar-refractivity contribution is 5.64. The van der Waals surface area contributed by atoms with Gasteiger partial charge in [-0.15, -0.1) is 0 Å². The molecule has 1 aromatic heterocycles. The molecule has 1 aliphatic rings.